The van der Waals surface area contributed by atoms with Crippen LogP contribution in [-0.2, 0) is 20.7 Å². The quantitative estimate of drug-likeness (QED) is 0.578. The van der Waals surface area contributed by atoms with Gasteiger partial charge in [-0.3, -0.25) is 10.1 Å². The number of carboxylic acids is 1. The van der Waals surface area contributed by atoms with Crippen LogP contribution in [0.1, 0.15) is 26.3 Å². The smallest absolute Gasteiger partial charge is 0.412 e. The van der Waals surface area contributed by atoms with Crippen molar-refractivity contribution in [3.8, 4) is 5.75 Å². The average Bonchev–Trinajstić information content (AvgIpc) is 2.30. The molecule has 0 spiro atoms. The van der Waals surface area contributed by atoms with Gasteiger partial charge in [-0.25, -0.2) is 9.59 Å². The van der Waals surface area contributed by atoms with Crippen LogP contribution in [0, 0.1) is 0 Å². The summed E-state index contributed by atoms with van der Waals surface area (Å²) in [7, 11) is 0. The summed E-state index contributed by atoms with van der Waals surface area (Å²) in [6.45, 7) is 5.10. The standard InChI is InChI=1S/C14H17NO6/c1-14(2,3)21-13(20)15-9-5-4-8(6-10(9)16)7-11(17)12(18)19/h4-6,16H,7H2,1-3H3,(H,15,20)(H,18,19). The minimum atomic E-state index is -1.54. The molecule has 0 saturated heterocycles. The molecule has 0 aliphatic heterocycles. The van der Waals surface area contributed by atoms with Crippen molar-refractivity contribution < 1.29 is 29.3 Å². The molecule has 0 aliphatic rings. The number of phenols is 1. The van der Waals surface area contributed by atoms with E-state index in [4.69, 9.17) is 9.84 Å². The van der Waals surface area contributed by atoms with E-state index < -0.39 is 23.4 Å². The summed E-state index contributed by atoms with van der Waals surface area (Å²) >= 11 is 0. The molecule has 3 N–H and O–H groups in total. The Bertz CT molecular complexity index is 573. The molecule has 0 fully saturated rings. The van der Waals surface area contributed by atoms with Gasteiger partial charge in [-0.2, -0.15) is 0 Å². The first-order valence-corrected chi connectivity index (χ1v) is 6.16. The SMILES string of the molecule is CC(C)(C)OC(=O)Nc1ccc(CC(=O)C(=O)O)cc1O. The van der Waals surface area contributed by atoms with Crippen molar-refractivity contribution in [2.75, 3.05) is 5.32 Å². The van der Waals surface area contributed by atoms with Crippen LogP contribution >= 0.6 is 0 Å². The van der Waals surface area contributed by atoms with E-state index in [2.05, 4.69) is 5.32 Å². The molecule has 0 aliphatic carbocycles. The third-order valence-electron chi connectivity index (χ3n) is 2.30. The van der Waals surface area contributed by atoms with Gasteiger partial charge < -0.3 is 14.9 Å². The van der Waals surface area contributed by atoms with Crippen molar-refractivity contribution in [2.24, 2.45) is 0 Å². The van der Waals surface area contributed by atoms with Crippen molar-refractivity contribution >= 4 is 23.5 Å². The van der Waals surface area contributed by atoms with E-state index in [0.717, 1.165) is 0 Å². The van der Waals surface area contributed by atoms with E-state index in [1.54, 1.807) is 20.8 Å². The van der Waals surface area contributed by atoms with E-state index in [0.29, 0.717) is 5.56 Å². The molecule has 114 valence electrons. The second-order valence-electron chi connectivity index (χ2n) is 5.38. The van der Waals surface area contributed by atoms with Crippen LogP contribution in [0.4, 0.5) is 10.5 Å². The van der Waals surface area contributed by atoms with Gasteiger partial charge in [0.05, 0.1) is 5.69 Å². The largest absolute Gasteiger partial charge is 0.506 e. The molecule has 1 aromatic rings. The number of benzene rings is 1. The molecule has 0 aromatic heterocycles. The fraction of sp³-hybridized carbons (Fsp3) is 0.357. The van der Waals surface area contributed by atoms with Crippen LogP contribution in [0.2, 0.25) is 0 Å². The highest BCUT2D eigenvalue weighted by Crippen LogP contribution is 2.25. The zero-order valence-electron chi connectivity index (χ0n) is 12.0. The molecule has 0 bridgehead atoms. The minimum absolute atomic E-state index is 0.107. The van der Waals surface area contributed by atoms with Crippen LogP contribution in [0.5, 0.6) is 5.75 Å². The predicted molar refractivity (Wildman–Crippen MR) is 74.3 cm³/mol. The lowest BCUT2D eigenvalue weighted by Crippen LogP contribution is -2.27. The lowest BCUT2D eigenvalue weighted by Gasteiger charge is -2.20. The first kappa shape index (κ1) is 16.5. The minimum Gasteiger partial charge on any atom is -0.506 e. The normalized spacial score (nSPS) is 10.8. The van der Waals surface area contributed by atoms with Gasteiger partial charge in [0.15, 0.2) is 0 Å². The molecule has 1 rings (SSSR count). The summed E-state index contributed by atoms with van der Waals surface area (Å²) in [6.07, 6.45) is -1.07. The maximum absolute atomic E-state index is 11.6. The molecule has 1 aromatic carbocycles. The lowest BCUT2D eigenvalue weighted by atomic mass is 10.1. The molecule has 0 unspecified atom stereocenters. The summed E-state index contributed by atoms with van der Waals surface area (Å²) < 4.78 is 5.03. The Hall–Kier alpha value is -2.57. The van der Waals surface area contributed by atoms with Gasteiger partial charge in [-0.1, -0.05) is 6.07 Å². The number of Topliss-reactive ketones (excluding diaryl/α,β-unsaturated/α-hetero) is 1. The van der Waals surface area contributed by atoms with Crippen molar-refractivity contribution in [1.82, 2.24) is 0 Å². The van der Waals surface area contributed by atoms with E-state index in [9.17, 15) is 19.5 Å². The molecular weight excluding hydrogens is 278 g/mol. The highest BCUT2D eigenvalue weighted by atomic mass is 16.6. The van der Waals surface area contributed by atoms with Crippen molar-refractivity contribution in [1.29, 1.82) is 0 Å². The van der Waals surface area contributed by atoms with Gasteiger partial charge in [-0.15, -0.1) is 0 Å². The number of aromatic hydroxyl groups is 1. The van der Waals surface area contributed by atoms with Gasteiger partial charge in [0.1, 0.15) is 11.4 Å². The first-order valence-electron chi connectivity index (χ1n) is 6.16. The highest BCUT2D eigenvalue weighted by molar-refractivity contribution is 6.33. The molecule has 0 radical (unpaired) electrons. The number of nitrogens with one attached hydrogen (secondary N) is 1. The van der Waals surface area contributed by atoms with Gasteiger partial charge >= 0.3 is 12.1 Å². The number of carboxylic acid groups (broad SMARTS) is 1. The third-order valence-corrected chi connectivity index (χ3v) is 2.30. The fourth-order valence-electron chi connectivity index (χ4n) is 1.47. The number of amides is 1. The highest BCUT2D eigenvalue weighted by Gasteiger charge is 2.18. The molecular formula is C14H17NO6. The Morgan fingerprint density at radius 3 is 2.33 bits per heavy atom. The van der Waals surface area contributed by atoms with E-state index >= 15 is 0 Å². The zero-order valence-corrected chi connectivity index (χ0v) is 12.0. The number of rotatable bonds is 4. The number of carbonyl (C=O) groups excluding carboxylic acids is 2. The monoisotopic (exact) mass is 295 g/mol. The Labute approximate surface area is 121 Å². The van der Waals surface area contributed by atoms with Crippen molar-refractivity contribution in [3.63, 3.8) is 0 Å². The first-order chi connectivity index (χ1) is 9.58. The fourth-order valence-corrected chi connectivity index (χ4v) is 1.47. The van der Waals surface area contributed by atoms with Crippen LogP contribution in [0.15, 0.2) is 18.2 Å². The van der Waals surface area contributed by atoms with Gasteiger partial charge in [0, 0.05) is 6.42 Å². The Morgan fingerprint density at radius 1 is 1.24 bits per heavy atom. The van der Waals surface area contributed by atoms with Crippen LogP contribution in [-0.4, -0.2) is 33.7 Å². The summed E-state index contributed by atoms with van der Waals surface area (Å²) in [6, 6.07) is 4.02. The summed E-state index contributed by atoms with van der Waals surface area (Å²) in [4.78, 5) is 33.1. The summed E-state index contributed by atoms with van der Waals surface area (Å²) in [5, 5.41) is 20.6. The number of hydrogen-bond donors (Lipinski definition) is 3. The maximum atomic E-state index is 11.6. The molecule has 21 heavy (non-hydrogen) atoms. The topological polar surface area (TPSA) is 113 Å². The number of carbonyl (C=O) groups is 3. The van der Waals surface area contributed by atoms with Crippen molar-refractivity contribution in [2.45, 2.75) is 32.8 Å². The molecule has 0 heterocycles. The predicted octanol–water partition coefficient (Wildman–Crippen LogP) is 1.94. The lowest BCUT2D eigenvalue weighted by molar-refractivity contribution is -0.148. The summed E-state index contributed by atoms with van der Waals surface area (Å²) in [5.74, 6) is -2.80. The number of anilines is 1. The van der Waals surface area contributed by atoms with E-state index in [1.807, 2.05) is 0 Å². The van der Waals surface area contributed by atoms with Crippen LogP contribution in [0.3, 0.4) is 0 Å². The van der Waals surface area contributed by atoms with Gasteiger partial charge in [-0.05, 0) is 38.5 Å². The number of ketones is 1. The number of ether oxygens (including phenoxy) is 1. The summed E-state index contributed by atoms with van der Waals surface area (Å²) in [5.41, 5.74) is -0.237. The number of phenolic OH excluding ortho intramolecular Hbond substituents is 1. The molecule has 7 nitrogen and oxygen atoms in total. The van der Waals surface area contributed by atoms with Gasteiger partial charge in [0.25, 0.3) is 0 Å². The Morgan fingerprint density at radius 2 is 1.86 bits per heavy atom. The third kappa shape index (κ3) is 5.52. The molecule has 0 atom stereocenters. The number of hydrogen-bond acceptors (Lipinski definition) is 5. The van der Waals surface area contributed by atoms with Gasteiger partial charge in [0.2, 0.25) is 5.78 Å². The Balaban J connectivity index is 2.77. The average molecular weight is 295 g/mol. The molecule has 0 saturated carbocycles. The maximum Gasteiger partial charge on any atom is 0.412 e. The van der Waals surface area contributed by atoms with Crippen LogP contribution < -0.4 is 5.32 Å². The van der Waals surface area contributed by atoms with E-state index in [1.165, 1.54) is 18.2 Å². The second-order valence-corrected chi connectivity index (χ2v) is 5.38. The number of aliphatic carboxylic acids is 1. The molecule has 7 heteroatoms. The molecule has 1 amide bonds. The zero-order chi connectivity index (χ0) is 16.2. The Kier molecular flexibility index (Phi) is 4.91. The van der Waals surface area contributed by atoms with Crippen molar-refractivity contribution in [3.05, 3.63) is 23.8 Å². The second kappa shape index (κ2) is 6.25. The van der Waals surface area contributed by atoms with E-state index in [-0.39, 0.29) is 17.9 Å². The van der Waals surface area contributed by atoms with Crippen LogP contribution in [0.25, 0.3) is 0 Å².